The van der Waals surface area contributed by atoms with Crippen molar-refractivity contribution in [2.75, 3.05) is 51.5 Å². The minimum atomic E-state index is -0.425. The predicted octanol–water partition coefficient (Wildman–Crippen LogP) is 1.57. The van der Waals surface area contributed by atoms with Crippen LogP contribution in [0.5, 0.6) is 5.75 Å². The smallest absolute Gasteiger partial charge is 0.294 e. The lowest BCUT2D eigenvalue weighted by atomic mass is 10.2. The van der Waals surface area contributed by atoms with Crippen molar-refractivity contribution in [1.29, 1.82) is 0 Å². The van der Waals surface area contributed by atoms with Crippen molar-refractivity contribution >= 4 is 17.1 Å². The lowest BCUT2D eigenvalue weighted by Gasteiger charge is -2.23. The van der Waals surface area contributed by atoms with Gasteiger partial charge in [-0.15, -0.1) is 0 Å². The van der Waals surface area contributed by atoms with Crippen LogP contribution in [0.4, 0.5) is 17.1 Å². The Morgan fingerprint density at radius 3 is 2.50 bits per heavy atom. The highest BCUT2D eigenvalue weighted by Gasteiger charge is 2.20. The van der Waals surface area contributed by atoms with Gasteiger partial charge in [-0.3, -0.25) is 10.1 Å². The largest absolute Gasteiger partial charge is 0.495 e. The van der Waals surface area contributed by atoms with Gasteiger partial charge in [0.25, 0.3) is 5.69 Å². The number of ether oxygens (including phenoxy) is 1. The first-order valence-electron chi connectivity index (χ1n) is 6.42. The Hall–Kier alpha value is -2.02. The number of anilines is 2. The van der Waals surface area contributed by atoms with Crippen LogP contribution in [-0.2, 0) is 0 Å². The van der Waals surface area contributed by atoms with Gasteiger partial charge in [0, 0.05) is 32.3 Å². The molecule has 1 rings (SSSR count). The number of rotatable bonds is 7. The highest BCUT2D eigenvalue weighted by atomic mass is 16.6. The number of nitro groups is 1. The van der Waals surface area contributed by atoms with E-state index in [0.29, 0.717) is 18.0 Å². The van der Waals surface area contributed by atoms with Crippen LogP contribution in [0.15, 0.2) is 12.1 Å². The normalized spacial score (nSPS) is 10.7. The van der Waals surface area contributed by atoms with Crippen molar-refractivity contribution in [2.24, 2.45) is 0 Å². The number of nitrogens with two attached hydrogens (primary N) is 1. The molecule has 0 bridgehead atoms. The molecule has 0 amide bonds. The third-order valence-corrected chi connectivity index (χ3v) is 3.29. The number of nitrogen functional groups attached to an aromatic ring is 1. The first-order valence-corrected chi connectivity index (χ1v) is 6.42. The summed E-state index contributed by atoms with van der Waals surface area (Å²) in [4.78, 5) is 14.7. The zero-order chi connectivity index (χ0) is 15.3. The fourth-order valence-corrected chi connectivity index (χ4v) is 1.80. The number of methoxy groups -OCH3 is 1. The fourth-order valence-electron chi connectivity index (χ4n) is 1.80. The van der Waals surface area contributed by atoms with Crippen molar-refractivity contribution in [3.8, 4) is 5.75 Å². The van der Waals surface area contributed by atoms with Crippen LogP contribution in [0.1, 0.15) is 6.92 Å². The van der Waals surface area contributed by atoms with Gasteiger partial charge in [0.15, 0.2) is 0 Å². The van der Waals surface area contributed by atoms with E-state index in [-0.39, 0.29) is 11.4 Å². The van der Waals surface area contributed by atoms with Crippen LogP contribution >= 0.6 is 0 Å². The zero-order valence-electron chi connectivity index (χ0n) is 12.4. The van der Waals surface area contributed by atoms with Crippen LogP contribution in [0, 0.1) is 10.1 Å². The van der Waals surface area contributed by atoms with E-state index in [2.05, 4.69) is 11.8 Å². The van der Waals surface area contributed by atoms with E-state index in [1.165, 1.54) is 13.2 Å². The quantitative estimate of drug-likeness (QED) is 0.464. The SMILES string of the molecule is CCN(C)CCN(C)c1cc(OC)c(N)cc1[N+](=O)[O-]. The van der Waals surface area contributed by atoms with Gasteiger partial charge in [0.2, 0.25) is 0 Å². The maximum absolute atomic E-state index is 11.1. The van der Waals surface area contributed by atoms with E-state index in [9.17, 15) is 10.1 Å². The van der Waals surface area contributed by atoms with Gasteiger partial charge >= 0.3 is 0 Å². The molecule has 0 unspecified atom stereocenters. The molecule has 20 heavy (non-hydrogen) atoms. The maximum Gasteiger partial charge on any atom is 0.294 e. The van der Waals surface area contributed by atoms with Crippen molar-refractivity contribution in [2.45, 2.75) is 6.92 Å². The number of hydrogen-bond donors (Lipinski definition) is 1. The molecule has 0 spiro atoms. The molecule has 0 aliphatic heterocycles. The Kier molecular flexibility index (Phi) is 5.57. The molecule has 1 aromatic carbocycles. The molecule has 0 aliphatic carbocycles. The molecule has 112 valence electrons. The second kappa shape index (κ2) is 6.95. The van der Waals surface area contributed by atoms with E-state index in [0.717, 1.165) is 13.1 Å². The first-order chi connectivity index (χ1) is 9.40. The maximum atomic E-state index is 11.1. The molecule has 2 N–H and O–H groups in total. The lowest BCUT2D eigenvalue weighted by Crippen LogP contribution is -2.31. The molecule has 0 heterocycles. The van der Waals surface area contributed by atoms with E-state index in [1.54, 1.807) is 6.07 Å². The van der Waals surface area contributed by atoms with Gasteiger partial charge < -0.3 is 20.3 Å². The minimum absolute atomic E-state index is 0.00930. The molecule has 0 aliphatic rings. The molecular formula is C13H22N4O3. The van der Waals surface area contributed by atoms with E-state index in [1.807, 2.05) is 19.0 Å². The summed E-state index contributed by atoms with van der Waals surface area (Å²) < 4.78 is 5.13. The second-order valence-corrected chi connectivity index (χ2v) is 4.66. The standard InChI is InChI=1S/C13H22N4O3/c1-5-15(2)6-7-16(3)11-9-13(20-4)10(14)8-12(11)17(18)19/h8-9H,5-7,14H2,1-4H3. The van der Waals surface area contributed by atoms with Crippen molar-refractivity contribution in [3.63, 3.8) is 0 Å². The minimum Gasteiger partial charge on any atom is -0.495 e. The Bertz CT molecular complexity index is 479. The molecule has 1 aromatic rings. The average Bonchev–Trinajstić information content (AvgIpc) is 2.43. The molecule has 0 radical (unpaired) electrons. The topological polar surface area (TPSA) is 84.9 Å². The van der Waals surface area contributed by atoms with Gasteiger partial charge in [0.05, 0.1) is 17.7 Å². The van der Waals surface area contributed by atoms with E-state index >= 15 is 0 Å². The number of likely N-dealkylation sites (N-methyl/N-ethyl adjacent to an activating group) is 2. The van der Waals surface area contributed by atoms with Crippen LogP contribution in [0.3, 0.4) is 0 Å². The highest BCUT2D eigenvalue weighted by Crippen LogP contribution is 2.36. The summed E-state index contributed by atoms with van der Waals surface area (Å²) in [6.45, 7) is 4.49. The summed E-state index contributed by atoms with van der Waals surface area (Å²) in [5.41, 5.74) is 6.49. The summed E-state index contributed by atoms with van der Waals surface area (Å²) in [5, 5.41) is 11.1. The van der Waals surface area contributed by atoms with Gasteiger partial charge in [0.1, 0.15) is 11.4 Å². The van der Waals surface area contributed by atoms with Gasteiger partial charge in [-0.25, -0.2) is 0 Å². The second-order valence-electron chi connectivity index (χ2n) is 4.66. The van der Waals surface area contributed by atoms with Gasteiger partial charge in [-0.1, -0.05) is 6.92 Å². The monoisotopic (exact) mass is 282 g/mol. The van der Waals surface area contributed by atoms with Crippen molar-refractivity contribution in [3.05, 3.63) is 22.2 Å². The van der Waals surface area contributed by atoms with Gasteiger partial charge in [-0.2, -0.15) is 0 Å². The molecule has 7 nitrogen and oxygen atoms in total. The molecule has 0 saturated heterocycles. The first kappa shape index (κ1) is 16.0. The van der Waals surface area contributed by atoms with Crippen LogP contribution in [0.2, 0.25) is 0 Å². The number of benzene rings is 1. The molecule has 0 fully saturated rings. The van der Waals surface area contributed by atoms with Gasteiger partial charge in [-0.05, 0) is 13.6 Å². The van der Waals surface area contributed by atoms with Crippen LogP contribution in [0.25, 0.3) is 0 Å². The Labute approximate surface area is 119 Å². The van der Waals surface area contributed by atoms with Crippen molar-refractivity contribution in [1.82, 2.24) is 4.90 Å². The Balaban J connectivity index is 3.04. The lowest BCUT2D eigenvalue weighted by molar-refractivity contribution is -0.384. The van der Waals surface area contributed by atoms with Crippen LogP contribution < -0.4 is 15.4 Å². The summed E-state index contributed by atoms with van der Waals surface area (Å²) in [6, 6.07) is 2.95. The zero-order valence-corrected chi connectivity index (χ0v) is 12.4. The fraction of sp³-hybridized carbons (Fsp3) is 0.538. The van der Waals surface area contributed by atoms with E-state index < -0.39 is 4.92 Å². The van der Waals surface area contributed by atoms with Crippen LogP contribution in [-0.4, -0.2) is 50.7 Å². The number of nitrogens with zero attached hydrogens (tertiary/aromatic N) is 3. The summed E-state index contributed by atoms with van der Waals surface area (Å²) in [7, 11) is 5.32. The average molecular weight is 282 g/mol. The number of hydrogen-bond acceptors (Lipinski definition) is 6. The third kappa shape index (κ3) is 3.74. The molecule has 7 heteroatoms. The Morgan fingerprint density at radius 2 is 2.00 bits per heavy atom. The molecule has 0 atom stereocenters. The predicted molar refractivity (Wildman–Crippen MR) is 80.5 cm³/mol. The number of nitro benzene ring substituents is 1. The third-order valence-electron chi connectivity index (χ3n) is 3.29. The molecular weight excluding hydrogens is 260 g/mol. The van der Waals surface area contributed by atoms with E-state index in [4.69, 9.17) is 10.5 Å². The molecule has 0 saturated carbocycles. The Morgan fingerprint density at radius 1 is 1.35 bits per heavy atom. The summed E-state index contributed by atoms with van der Waals surface area (Å²) in [5.74, 6) is 0.446. The molecule has 0 aromatic heterocycles. The van der Waals surface area contributed by atoms with Crippen molar-refractivity contribution < 1.29 is 9.66 Å². The summed E-state index contributed by atoms with van der Waals surface area (Å²) in [6.07, 6.45) is 0. The summed E-state index contributed by atoms with van der Waals surface area (Å²) >= 11 is 0. The highest BCUT2D eigenvalue weighted by molar-refractivity contribution is 5.73.